The second kappa shape index (κ2) is 12.0. The molecule has 30 heavy (non-hydrogen) atoms. The van der Waals surface area contributed by atoms with Crippen molar-refractivity contribution in [3.05, 3.63) is 36.4 Å². The van der Waals surface area contributed by atoms with Crippen LogP contribution in [-0.2, 0) is 28.6 Å². The van der Waals surface area contributed by atoms with Gasteiger partial charge in [-0.25, -0.2) is 4.79 Å². The van der Waals surface area contributed by atoms with Gasteiger partial charge in [-0.05, 0) is 51.0 Å². The molecule has 1 heterocycles. The van der Waals surface area contributed by atoms with Crippen molar-refractivity contribution >= 4 is 17.9 Å². The summed E-state index contributed by atoms with van der Waals surface area (Å²) in [5, 5.41) is 0. The van der Waals surface area contributed by atoms with E-state index < -0.39 is 24.0 Å². The first-order valence-corrected chi connectivity index (χ1v) is 9.94. The second-order valence-corrected chi connectivity index (χ2v) is 7.04. The molecule has 1 aromatic carbocycles. The van der Waals surface area contributed by atoms with Crippen LogP contribution < -0.4 is 9.47 Å². The molecule has 0 radical (unpaired) electrons. The van der Waals surface area contributed by atoms with Gasteiger partial charge in [0.25, 0.3) is 0 Å². The quantitative estimate of drug-likeness (QED) is 0.323. The van der Waals surface area contributed by atoms with Crippen LogP contribution in [0.3, 0.4) is 0 Å². The predicted octanol–water partition coefficient (Wildman–Crippen LogP) is 3.33. The predicted molar refractivity (Wildman–Crippen MR) is 107 cm³/mol. The third-order valence-electron chi connectivity index (χ3n) is 4.13. The second-order valence-electron chi connectivity index (χ2n) is 7.04. The molecule has 2 atom stereocenters. The molecular formula is C22H28O8. The first-order valence-electron chi connectivity index (χ1n) is 9.94. The fraction of sp³-hybridized carbons (Fsp3) is 0.500. The van der Waals surface area contributed by atoms with E-state index in [0.717, 1.165) is 19.3 Å². The zero-order chi connectivity index (χ0) is 21.9. The number of hydrogen-bond donors (Lipinski definition) is 0. The lowest BCUT2D eigenvalue weighted by Gasteiger charge is -2.23. The average molecular weight is 420 g/mol. The molecule has 1 fully saturated rings. The van der Waals surface area contributed by atoms with Gasteiger partial charge in [-0.1, -0.05) is 6.58 Å². The van der Waals surface area contributed by atoms with E-state index in [1.54, 1.807) is 31.2 Å². The molecule has 1 saturated heterocycles. The van der Waals surface area contributed by atoms with E-state index in [2.05, 4.69) is 6.58 Å². The van der Waals surface area contributed by atoms with Crippen LogP contribution in [0.15, 0.2) is 36.4 Å². The summed E-state index contributed by atoms with van der Waals surface area (Å²) in [6.45, 7) is 7.19. The van der Waals surface area contributed by atoms with Crippen LogP contribution in [0.2, 0.25) is 0 Å². The number of ether oxygens (including phenoxy) is 5. The Kier molecular flexibility index (Phi) is 9.34. The standard InChI is InChI=1S/C22H28O8/c1-15(2)22(25)28-16(3)14-27-19(23)11-12-20(24)29-17-7-9-18(10-8-17)30-21-6-4-5-13-26-21/h7-10,16,21H,1,4-6,11-14H2,2-3H3. The van der Waals surface area contributed by atoms with E-state index in [1.807, 2.05) is 0 Å². The molecular weight excluding hydrogens is 392 g/mol. The summed E-state index contributed by atoms with van der Waals surface area (Å²) in [5.41, 5.74) is 0.262. The summed E-state index contributed by atoms with van der Waals surface area (Å²) < 4.78 is 26.4. The van der Waals surface area contributed by atoms with Crippen LogP contribution in [-0.4, -0.2) is 43.5 Å². The number of hydrogen-bond acceptors (Lipinski definition) is 8. The van der Waals surface area contributed by atoms with Gasteiger partial charge < -0.3 is 23.7 Å². The van der Waals surface area contributed by atoms with Crippen molar-refractivity contribution in [3.63, 3.8) is 0 Å². The lowest BCUT2D eigenvalue weighted by atomic mass is 10.2. The van der Waals surface area contributed by atoms with Gasteiger partial charge in [-0.15, -0.1) is 0 Å². The van der Waals surface area contributed by atoms with Gasteiger partial charge in [-0.2, -0.15) is 0 Å². The zero-order valence-corrected chi connectivity index (χ0v) is 17.4. The Morgan fingerprint density at radius 1 is 1.10 bits per heavy atom. The molecule has 8 nitrogen and oxygen atoms in total. The van der Waals surface area contributed by atoms with Gasteiger partial charge in [0, 0.05) is 12.0 Å². The van der Waals surface area contributed by atoms with Crippen LogP contribution >= 0.6 is 0 Å². The molecule has 0 saturated carbocycles. The van der Waals surface area contributed by atoms with Gasteiger partial charge in [0.2, 0.25) is 0 Å². The summed E-state index contributed by atoms with van der Waals surface area (Å²) in [6, 6.07) is 6.63. The number of benzene rings is 1. The maximum atomic E-state index is 11.9. The summed E-state index contributed by atoms with van der Waals surface area (Å²) in [4.78, 5) is 35.0. The molecule has 2 unspecified atom stereocenters. The topological polar surface area (TPSA) is 97.4 Å². The molecule has 0 aromatic heterocycles. The number of carbonyl (C=O) groups excluding carboxylic acids is 3. The van der Waals surface area contributed by atoms with E-state index in [1.165, 1.54) is 6.92 Å². The first kappa shape index (κ1) is 23.4. The maximum Gasteiger partial charge on any atom is 0.333 e. The molecule has 8 heteroatoms. The Hall–Kier alpha value is -2.87. The number of esters is 3. The van der Waals surface area contributed by atoms with Crippen LogP contribution in [0.4, 0.5) is 0 Å². The summed E-state index contributed by atoms with van der Waals surface area (Å²) >= 11 is 0. The fourth-order valence-electron chi connectivity index (χ4n) is 2.53. The van der Waals surface area contributed by atoms with Crippen LogP contribution in [0.1, 0.15) is 46.0 Å². The van der Waals surface area contributed by atoms with Crippen molar-refractivity contribution in [2.24, 2.45) is 0 Å². The van der Waals surface area contributed by atoms with Crippen molar-refractivity contribution < 1.29 is 38.1 Å². The van der Waals surface area contributed by atoms with Gasteiger partial charge in [0.05, 0.1) is 19.4 Å². The minimum Gasteiger partial charge on any atom is -0.465 e. The third-order valence-corrected chi connectivity index (χ3v) is 4.13. The van der Waals surface area contributed by atoms with Crippen molar-refractivity contribution in [2.45, 2.75) is 58.3 Å². The monoisotopic (exact) mass is 420 g/mol. The molecule has 2 rings (SSSR count). The molecule has 0 spiro atoms. The molecule has 1 aliphatic rings. The minimum atomic E-state index is -0.607. The van der Waals surface area contributed by atoms with Crippen LogP contribution in [0.25, 0.3) is 0 Å². The van der Waals surface area contributed by atoms with Gasteiger partial charge in [0.1, 0.15) is 24.2 Å². The van der Waals surface area contributed by atoms with Crippen LogP contribution in [0.5, 0.6) is 11.5 Å². The number of carbonyl (C=O) groups is 3. The molecule has 1 aromatic rings. The summed E-state index contributed by atoms with van der Waals surface area (Å²) in [6.07, 6.45) is 1.84. The highest BCUT2D eigenvalue weighted by molar-refractivity contribution is 5.87. The maximum absolute atomic E-state index is 11.9. The molecule has 0 bridgehead atoms. The Morgan fingerprint density at radius 3 is 2.40 bits per heavy atom. The van der Waals surface area contributed by atoms with E-state index >= 15 is 0 Å². The number of rotatable bonds is 10. The van der Waals surface area contributed by atoms with Crippen LogP contribution in [0, 0.1) is 0 Å². The van der Waals surface area contributed by atoms with E-state index in [-0.39, 0.29) is 31.3 Å². The highest BCUT2D eigenvalue weighted by Crippen LogP contribution is 2.22. The summed E-state index contributed by atoms with van der Waals surface area (Å²) in [7, 11) is 0. The lowest BCUT2D eigenvalue weighted by molar-refractivity contribution is -0.156. The zero-order valence-electron chi connectivity index (χ0n) is 17.4. The van der Waals surface area contributed by atoms with Crippen molar-refractivity contribution in [2.75, 3.05) is 13.2 Å². The SMILES string of the molecule is C=C(C)C(=O)OC(C)COC(=O)CCC(=O)Oc1ccc(OC2CCCCO2)cc1. The van der Waals surface area contributed by atoms with Crippen molar-refractivity contribution in [3.8, 4) is 11.5 Å². The van der Waals surface area contributed by atoms with Gasteiger partial charge in [0.15, 0.2) is 6.29 Å². The average Bonchev–Trinajstić information content (AvgIpc) is 2.73. The Morgan fingerprint density at radius 2 is 1.77 bits per heavy atom. The van der Waals surface area contributed by atoms with E-state index in [4.69, 9.17) is 23.7 Å². The lowest BCUT2D eigenvalue weighted by Crippen LogP contribution is -2.24. The molecule has 1 aliphatic heterocycles. The molecule has 0 aliphatic carbocycles. The van der Waals surface area contributed by atoms with Gasteiger partial charge in [-0.3, -0.25) is 9.59 Å². The summed E-state index contributed by atoms with van der Waals surface area (Å²) in [5.74, 6) is -0.707. The smallest absolute Gasteiger partial charge is 0.333 e. The highest BCUT2D eigenvalue weighted by atomic mass is 16.7. The van der Waals surface area contributed by atoms with E-state index in [0.29, 0.717) is 18.1 Å². The Bertz CT molecular complexity index is 734. The fourth-order valence-corrected chi connectivity index (χ4v) is 2.53. The largest absolute Gasteiger partial charge is 0.465 e. The highest BCUT2D eigenvalue weighted by Gasteiger charge is 2.16. The van der Waals surface area contributed by atoms with Crippen molar-refractivity contribution in [1.82, 2.24) is 0 Å². The Balaban J connectivity index is 1.65. The minimum absolute atomic E-state index is 0.0981. The molecule has 0 amide bonds. The van der Waals surface area contributed by atoms with Crippen molar-refractivity contribution in [1.29, 1.82) is 0 Å². The first-order chi connectivity index (χ1) is 14.3. The Labute approximate surface area is 176 Å². The van der Waals surface area contributed by atoms with Gasteiger partial charge >= 0.3 is 17.9 Å². The van der Waals surface area contributed by atoms with E-state index in [9.17, 15) is 14.4 Å². The normalized spacial score (nSPS) is 16.8. The third kappa shape index (κ3) is 8.65. The molecule has 0 N–H and O–H groups in total. The molecule has 164 valence electrons.